The summed E-state index contributed by atoms with van der Waals surface area (Å²) in [6.45, 7) is 3.20. The molecule has 0 saturated carbocycles. The number of hydrogen-bond acceptors (Lipinski definition) is 6. The lowest BCUT2D eigenvalue weighted by Gasteiger charge is -2.29. The summed E-state index contributed by atoms with van der Waals surface area (Å²) in [4.78, 5) is 74.7. The van der Waals surface area contributed by atoms with Gasteiger partial charge in [0.25, 0.3) is 0 Å². The van der Waals surface area contributed by atoms with Gasteiger partial charge in [0.15, 0.2) is 5.78 Å². The molecule has 202 valence electrons. The predicted molar refractivity (Wildman–Crippen MR) is 135 cm³/mol. The van der Waals surface area contributed by atoms with E-state index in [4.69, 9.17) is 16.7 Å². The summed E-state index contributed by atoms with van der Waals surface area (Å²) in [5.41, 5.74) is 0.853. The molecular weight excluding hydrogens is 504 g/mol. The Kier molecular flexibility index (Phi) is 11.5. The van der Waals surface area contributed by atoms with Crippen LogP contribution in [0.1, 0.15) is 45.1 Å². The Labute approximate surface area is 220 Å². The molecule has 1 aromatic carbocycles. The monoisotopic (exact) mass is 536 g/mol. The van der Waals surface area contributed by atoms with Crippen molar-refractivity contribution in [2.45, 2.75) is 70.1 Å². The molecular formula is C25H33ClN4O7. The van der Waals surface area contributed by atoms with Crippen LogP contribution in [0, 0.1) is 0 Å². The molecule has 37 heavy (non-hydrogen) atoms. The normalized spacial score (nSPS) is 17.3. The van der Waals surface area contributed by atoms with Crippen LogP contribution in [0.3, 0.4) is 0 Å². The number of aliphatic carboxylic acids is 1. The van der Waals surface area contributed by atoms with Crippen molar-refractivity contribution >= 4 is 47.0 Å². The third kappa shape index (κ3) is 9.16. The molecule has 4 amide bonds. The highest BCUT2D eigenvalue weighted by molar-refractivity contribution is 6.28. The third-order valence-electron chi connectivity index (χ3n) is 6.02. The first-order valence-electron chi connectivity index (χ1n) is 12.1. The Hall–Kier alpha value is -3.47. The number of Topliss-reactive ketones (excluding diaryl/α,β-unsaturated/α-hetero) is 1. The molecule has 1 aliphatic heterocycles. The minimum absolute atomic E-state index is 0.265. The number of benzene rings is 1. The summed E-state index contributed by atoms with van der Waals surface area (Å²) >= 11 is 5.76. The van der Waals surface area contributed by atoms with Gasteiger partial charge in [-0.3, -0.25) is 28.8 Å². The second-order valence-corrected chi connectivity index (χ2v) is 9.22. The van der Waals surface area contributed by atoms with Gasteiger partial charge in [-0.05, 0) is 38.7 Å². The molecule has 1 heterocycles. The first-order valence-corrected chi connectivity index (χ1v) is 12.6. The van der Waals surface area contributed by atoms with Gasteiger partial charge in [-0.2, -0.15) is 0 Å². The fourth-order valence-electron chi connectivity index (χ4n) is 4.01. The number of halogens is 1. The molecule has 0 spiro atoms. The molecule has 4 atom stereocenters. The van der Waals surface area contributed by atoms with Crippen LogP contribution in [-0.4, -0.2) is 82.0 Å². The van der Waals surface area contributed by atoms with E-state index in [0.29, 0.717) is 19.4 Å². The number of carbonyl (C=O) groups is 6. The summed E-state index contributed by atoms with van der Waals surface area (Å²) in [5.74, 6) is -3.90. The Bertz CT molecular complexity index is 1000. The molecule has 0 bridgehead atoms. The maximum absolute atomic E-state index is 13.1. The van der Waals surface area contributed by atoms with Gasteiger partial charge in [-0.15, -0.1) is 11.6 Å². The molecule has 12 heteroatoms. The second-order valence-electron chi connectivity index (χ2n) is 8.95. The predicted octanol–water partition coefficient (Wildman–Crippen LogP) is 0.387. The van der Waals surface area contributed by atoms with Crippen molar-refractivity contribution in [1.29, 1.82) is 0 Å². The van der Waals surface area contributed by atoms with E-state index in [1.165, 1.54) is 18.7 Å². The van der Waals surface area contributed by atoms with Gasteiger partial charge >= 0.3 is 5.97 Å². The van der Waals surface area contributed by atoms with Crippen molar-refractivity contribution in [3.05, 3.63) is 35.9 Å². The molecule has 4 N–H and O–H groups in total. The number of hydrogen-bond donors (Lipinski definition) is 4. The van der Waals surface area contributed by atoms with E-state index in [1.807, 2.05) is 30.3 Å². The Morgan fingerprint density at radius 2 is 1.68 bits per heavy atom. The van der Waals surface area contributed by atoms with Crippen LogP contribution >= 0.6 is 11.6 Å². The van der Waals surface area contributed by atoms with Crippen LogP contribution in [0.5, 0.6) is 0 Å². The fourth-order valence-corrected chi connectivity index (χ4v) is 4.19. The minimum Gasteiger partial charge on any atom is -0.481 e. The lowest BCUT2D eigenvalue weighted by atomic mass is 10.0. The summed E-state index contributed by atoms with van der Waals surface area (Å²) < 4.78 is 0. The van der Waals surface area contributed by atoms with Gasteiger partial charge in [-0.1, -0.05) is 30.3 Å². The van der Waals surface area contributed by atoms with Crippen molar-refractivity contribution in [3.8, 4) is 0 Å². The zero-order valence-electron chi connectivity index (χ0n) is 20.9. The Morgan fingerprint density at radius 3 is 2.30 bits per heavy atom. The summed E-state index contributed by atoms with van der Waals surface area (Å²) in [6.07, 6.45) is 0.607. The molecule has 11 nitrogen and oxygen atoms in total. The smallest absolute Gasteiger partial charge is 0.303 e. The van der Waals surface area contributed by atoms with Gasteiger partial charge in [0.1, 0.15) is 18.1 Å². The third-order valence-corrected chi connectivity index (χ3v) is 6.29. The summed E-state index contributed by atoms with van der Waals surface area (Å²) in [6, 6.07) is 5.56. The van der Waals surface area contributed by atoms with Gasteiger partial charge in [0.2, 0.25) is 23.6 Å². The molecule has 1 aliphatic rings. The van der Waals surface area contributed by atoms with Crippen LogP contribution in [0.4, 0.5) is 0 Å². The Morgan fingerprint density at radius 1 is 1.00 bits per heavy atom. The highest BCUT2D eigenvalue weighted by Gasteiger charge is 2.38. The quantitative estimate of drug-likeness (QED) is 0.265. The van der Waals surface area contributed by atoms with E-state index < -0.39 is 53.8 Å². The lowest BCUT2D eigenvalue weighted by molar-refractivity contribution is -0.142. The zero-order chi connectivity index (χ0) is 27.5. The number of rotatable bonds is 13. The number of amides is 4. The molecule has 1 aromatic rings. The van der Waals surface area contributed by atoms with Gasteiger partial charge in [-0.25, -0.2) is 0 Å². The minimum atomic E-state index is -1.13. The molecule has 1 fully saturated rings. The highest BCUT2D eigenvalue weighted by atomic mass is 35.5. The lowest BCUT2D eigenvalue weighted by Crippen LogP contribution is -2.56. The van der Waals surface area contributed by atoms with Crippen LogP contribution < -0.4 is 16.0 Å². The highest BCUT2D eigenvalue weighted by Crippen LogP contribution is 2.19. The summed E-state index contributed by atoms with van der Waals surface area (Å²) in [7, 11) is 0. The van der Waals surface area contributed by atoms with E-state index in [2.05, 4.69) is 16.0 Å². The number of carboxylic acids is 1. The van der Waals surface area contributed by atoms with Gasteiger partial charge in [0, 0.05) is 13.0 Å². The van der Waals surface area contributed by atoms with E-state index in [9.17, 15) is 28.8 Å². The number of nitrogens with zero attached hydrogens (tertiary/aromatic N) is 1. The largest absolute Gasteiger partial charge is 0.481 e. The van der Waals surface area contributed by atoms with Gasteiger partial charge < -0.3 is 26.0 Å². The van der Waals surface area contributed by atoms with E-state index in [-0.39, 0.29) is 30.9 Å². The van der Waals surface area contributed by atoms with Gasteiger partial charge in [0.05, 0.1) is 18.3 Å². The Balaban J connectivity index is 1.97. The van der Waals surface area contributed by atoms with E-state index in [1.54, 1.807) is 0 Å². The SMILES string of the molecule is C[C@H](NC(=O)CCC(=O)O)C(=O)N[C@@H](C)C(=O)N1CCC[C@H]1C(=O)NC(Cc1ccccc1)C(=O)CCl. The zero-order valence-corrected chi connectivity index (χ0v) is 21.6. The van der Waals surface area contributed by atoms with Crippen molar-refractivity contribution in [2.24, 2.45) is 0 Å². The standard InChI is InChI=1S/C25H33ClN4O7/c1-15(27-21(32)10-11-22(33)34)23(35)28-16(2)25(37)30-12-6-9-19(30)24(36)29-18(20(31)14-26)13-17-7-4-3-5-8-17/h3-5,7-8,15-16,18-19H,6,9-14H2,1-2H3,(H,27,32)(H,28,35)(H,29,36)(H,33,34)/t15-,16-,18?,19-/m0/s1. The first-order chi connectivity index (χ1) is 17.5. The topological polar surface area (TPSA) is 162 Å². The second kappa shape index (κ2) is 14.3. The average Bonchev–Trinajstić information content (AvgIpc) is 3.36. The number of nitrogens with one attached hydrogen (secondary N) is 3. The number of carbonyl (C=O) groups excluding carboxylic acids is 5. The van der Waals surface area contributed by atoms with E-state index >= 15 is 0 Å². The van der Waals surface area contributed by atoms with Crippen LogP contribution in [0.15, 0.2) is 30.3 Å². The molecule has 0 radical (unpaired) electrons. The first kappa shape index (κ1) is 29.8. The van der Waals surface area contributed by atoms with Crippen LogP contribution in [0.2, 0.25) is 0 Å². The maximum atomic E-state index is 13.1. The fraction of sp³-hybridized carbons (Fsp3) is 0.520. The average molecular weight is 537 g/mol. The number of likely N-dealkylation sites (tertiary alicyclic amines) is 1. The van der Waals surface area contributed by atoms with Crippen LogP contribution in [0.25, 0.3) is 0 Å². The van der Waals surface area contributed by atoms with E-state index in [0.717, 1.165) is 5.56 Å². The molecule has 1 unspecified atom stereocenters. The van der Waals surface area contributed by atoms with Crippen molar-refractivity contribution in [3.63, 3.8) is 0 Å². The molecule has 0 aliphatic carbocycles. The van der Waals surface area contributed by atoms with Crippen LogP contribution in [-0.2, 0) is 35.2 Å². The number of ketones is 1. The molecule has 2 rings (SSSR count). The van der Waals surface area contributed by atoms with Crippen molar-refractivity contribution in [2.75, 3.05) is 12.4 Å². The van der Waals surface area contributed by atoms with Crippen molar-refractivity contribution in [1.82, 2.24) is 20.9 Å². The maximum Gasteiger partial charge on any atom is 0.303 e. The molecule has 0 aromatic heterocycles. The van der Waals surface area contributed by atoms with Crippen molar-refractivity contribution < 1.29 is 33.9 Å². The summed E-state index contributed by atoms with van der Waals surface area (Å²) in [5, 5.41) is 16.3. The number of alkyl halides is 1. The molecule has 1 saturated heterocycles. The number of carboxylic acid groups (broad SMARTS) is 1.